The molecule has 0 saturated heterocycles. The van der Waals surface area contributed by atoms with Gasteiger partial charge in [-0.1, -0.05) is 40.2 Å². The van der Waals surface area contributed by atoms with Gasteiger partial charge in [-0.15, -0.1) is 12.4 Å². The monoisotopic (exact) mass is 536 g/mol. The molecular formula is C25H45ClN2O6S. The first-order chi connectivity index (χ1) is 15.9. The summed E-state index contributed by atoms with van der Waals surface area (Å²) in [6.45, 7) is 8.75. The summed E-state index contributed by atoms with van der Waals surface area (Å²) in [5, 5.41) is 13.6. The SMILES string of the molecule is CCCCNC(=O)[C@H](C)C[C@H](O)[C@@H](N)C[C@H](Cc1ccc(OC)c(OCS(C)(=O)=O)c1)C(C)C.Cl. The minimum Gasteiger partial charge on any atom is -0.493 e. The van der Waals surface area contributed by atoms with E-state index in [4.69, 9.17) is 15.2 Å². The molecule has 0 bridgehead atoms. The number of carbonyl (C=O) groups excluding carboxylic acids is 1. The van der Waals surface area contributed by atoms with Gasteiger partial charge in [0.05, 0.1) is 13.2 Å². The molecule has 0 saturated carbocycles. The summed E-state index contributed by atoms with van der Waals surface area (Å²) < 4.78 is 33.8. The lowest BCUT2D eigenvalue weighted by atomic mass is 9.82. The number of sulfone groups is 1. The summed E-state index contributed by atoms with van der Waals surface area (Å²) in [4.78, 5) is 12.2. The van der Waals surface area contributed by atoms with E-state index in [2.05, 4.69) is 26.1 Å². The second kappa shape index (κ2) is 16.2. The summed E-state index contributed by atoms with van der Waals surface area (Å²) in [5.74, 6) is 0.519. The Balaban J connectivity index is 0.0000116. The minimum absolute atomic E-state index is 0. The van der Waals surface area contributed by atoms with Crippen LogP contribution in [0.4, 0.5) is 0 Å². The molecule has 204 valence electrons. The van der Waals surface area contributed by atoms with Crippen molar-refractivity contribution < 1.29 is 27.8 Å². The van der Waals surface area contributed by atoms with Crippen LogP contribution in [0.1, 0.15) is 58.9 Å². The molecule has 1 aromatic carbocycles. The van der Waals surface area contributed by atoms with E-state index in [0.29, 0.717) is 43.2 Å². The van der Waals surface area contributed by atoms with E-state index in [1.54, 1.807) is 12.1 Å². The summed E-state index contributed by atoms with van der Waals surface area (Å²) >= 11 is 0. The quantitative estimate of drug-likeness (QED) is 0.276. The van der Waals surface area contributed by atoms with E-state index in [1.165, 1.54) is 7.11 Å². The van der Waals surface area contributed by atoms with E-state index in [9.17, 15) is 18.3 Å². The number of aliphatic hydroxyl groups is 1. The lowest BCUT2D eigenvalue weighted by molar-refractivity contribution is -0.125. The Morgan fingerprint density at radius 3 is 2.37 bits per heavy atom. The van der Waals surface area contributed by atoms with Crippen molar-refractivity contribution in [1.29, 1.82) is 0 Å². The molecule has 0 aromatic heterocycles. The number of halogens is 1. The van der Waals surface area contributed by atoms with Crippen LogP contribution in [-0.2, 0) is 21.1 Å². The van der Waals surface area contributed by atoms with Gasteiger partial charge in [-0.3, -0.25) is 4.79 Å². The second-order valence-electron chi connectivity index (χ2n) is 9.63. The van der Waals surface area contributed by atoms with E-state index >= 15 is 0 Å². The van der Waals surface area contributed by atoms with E-state index in [0.717, 1.165) is 24.7 Å². The van der Waals surface area contributed by atoms with Crippen molar-refractivity contribution in [3.8, 4) is 11.5 Å². The molecule has 0 aliphatic heterocycles. The van der Waals surface area contributed by atoms with Crippen molar-refractivity contribution in [1.82, 2.24) is 5.32 Å². The third-order valence-corrected chi connectivity index (χ3v) is 6.58. The Morgan fingerprint density at radius 1 is 1.17 bits per heavy atom. The number of hydrogen-bond donors (Lipinski definition) is 3. The molecule has 0 radical (unpaired) electrons. The first-order valence-electron chi connectivity index (χ1n) is 12.1. The van der Waals surface area contributed by atoms with Gasteiger partial charge < -0.3 is 25.6 Å². The maximum Gasteiger partial charge on any atom is 0.222 e. The van der Waals surface area contributed by atoms with Gasteiger partial charge in [-0.05, 0) is 55.2 Å². The van der Waals surface area contributed by atoms with Crippen LogP contribution in [0.15, 0.2) is 18.2 Å². The van der Waals surface area contributed by atoms with Crippen LogP contribution < -0.4 is 20.5 Å². The number of nitrogens with one attached hydrogen (secondary N) is 1. The zero-order chi connectivity index (χ0) is 25.9. The van der Waals surface area contributed by atoms with Gasteiger partial charge in [0.1, 0.15) is 0 Å². The highest BCUT2D eigenvalue weighted by atomic mass is 35.5. The normalized spacial score (nSPS) is 15.0. The molecule has 1 rings (SSSR count). The fraction of sp³-hybridized carbons (Fsp3) is 0.720. The predicted molar refractivity (Wildman–Crippen MR) is 143 cm³/mol. The molecule has 10 heteroatoms. The first kappa shape index (κ1) is 33.4. The lowest BCUT2D eigenvalue weighted by Crippen LogP contribution is -2.41. The van der Waals surface area contributed by atoms with Crippen LogP contribution in [0.25, 0.3) is 0 Å². The number of unbranched alkanes of at least 4 members (excludes halogenated alkanes) is 1. The van der Waals surface area contributed by atoms with Gasteiger partial charge in [-0.25, -0.2) is 8.42 Å². The predicted octanol–water partition coefficient (Wildman–Crippen LogP) is 3.33. The van der Waals surface area contributed by atoms with Crippen LogP contribution in [0, 0.1) is 17.8 Å². The number of aliphatic hydroxyl groups excluding tert-OH is 1. The van der Waals surface area contributed by atoms with Gasteiger partial charge in [0.15, 0.2) is 27.3 Å². The molecular weight excluding hydrogens is 492 g/mol. The zero-order valence-electron chi connectivity index (χ0n) is 22.0. The fourth-order valence-corrected chi connectivity index (χ4v) is 4.08. The number of ether oxygens (including phenoxy) is 2. The van der Waals surface area contributed by atoms with Gasteiger partial charge in [0, 0.05) is 24.8 Å². The summed E-state index contributed by atoms with van der Waals surface area (Å²) in [5.41, 5.74) is 7.32. The molecule has 1 amide bonds. The van der Waals surface area contributed by atoms with Gasteiger partial charge in [0.25, 0.3) is 0 Å². The molecule has 0 aliphatic rings. The third kappa shape index (κ3) is 12.8. The molecule has 1 aromatic rings. The average molecular weight is 537 g/mol. The topological polar surface area (TPSA) is 128 Å². The van der Waals surface area contributed by atoms with Crippen LogP contribution >= 0.6 is 12.4 Å². The van der Waals surface area contributed by atoms with Crippen LogP contribution in [0.5, 0.6) is 11.5 Å². The van der Waals surface area contributed by atoms with E-state index in [-0.39, 0.29) is 30.2 Å². The van der Waals surface area contributed by atoms with Gasteiger partial charge >= 0.3 is 0 Å². The number of rotatable bonds is 16. The van der Waals surface area contributed by atoms with Crippen molar-refractivity contribution in [3.05, 3.63) is 23.8 Å². The van der Waals surface area contributed by atoms with Crippen LogP contribution in [0.2, 0.25) is 0 Å². The Hall–Kier alpha value is -1.55. The van der Waals surface area contributed by atoms with Crippen molar-refractivity contribution in [2.45, 2.75) is 71.9 Å². The molecule has 4 atom stereocenters. The van der Waals surface area contributed by atoms with Gasteiger partial charge in [0.2, 0.25) is 5.91 Å². The smallest absolute Gasteiger partial charge is 0.222 e. The highest BCUT2D eigenvalue weighted by Crippen LogP contribution is 2.31. The molecule has 0 unspecified atom stereocenters. The molecule has 35 heavy (non-hydrogen) atoms. The van der Waals surface area contributed by atoms with Crippen LogP contribution in [-0.4, -0.2) is 57.4 Å². The van der Waals surface area contributed by atoms with Crippen molar-refractivity contribution in [2.24, 2.45) is 23.5 Å². The second-order valence-corrected chi connectivity index (χ2v) is 11.7. The molecule has 0 spiro atoms. The number of benzene rings is 1. The number of carbonyl (C=O) groups is 1. The van der Waals surface area contributed by atoms with Crippen LogP contribution in [0.3, 0.4) is 0 Å². The summed E-state index contributed by atoms with van der Waals surface area (Å²) in [7, 11) is -1.79. The Kier molecular flexibility index (Phi) is 15.5. The maximum atomic E-state index is 12.2. The molecule has 4 N–H and O–H groups in total. The number of nitrogens with two attached hydrogens (primary N) is 1. The minimum atomic E-state index is -3.30. The Bertz CT molecular complexity index is 866. The Labute approximate surface area is 217 Å². The largest absolute Gasteiger partial charge is 0.493 e. The fourth-order valence-electron chi connectivity index (χ4n) is 3.74. The first-order valence-corrected chi connectivity index (χ1v) is 14.1. The Morgan fingerprint density at radius 2 is 1.83 bits per heavy atom. The molecule has 0 aliphatic carbocycles. The lowest BCUT2D eigenvalue weighted by Gasteiger charge is -2.28. The molecule has 0 heterocycles. The molecule has 8 nitrogen and oxygen atoms in total. The number of amides is 1. The van der Waals surface area contributed by atoms with E-state index < -0.39 is 27.9 Å². The summed E-state index contributed by atoms with van der Waals surface area (Å²) in [6, 6.07) is 5.02. The number of methoxy groups -OCH3 is 1. The third-order valence-electron chi connectivity index (χ3n) is 6.04. The van der Waals surface area contributed by atoms with E-state index in [1.807, 2.05) is 13.0 Å². The summed E-state index contributed by atoms with van der Waals surface area (Å²) in [6.07, 6.45) is 3.87. The molecule has 0 fully saturated rings. The standard InChI is InChI=1S/C25H44N2O6S.ClH/c1-7-8-11-27-25(29)18(4)12-22(28)21(26)15-20(17(2)3)13-19-9-10-23(32-5)24(14-19)33-16-34(6,30)31;/h9-10,14,17-18,20-22,28H,7-8,11-13,15-16,26H2,1-6H3,(H,27,29);1H/t18-,20+,21+,22+;/m1./s1. The average Bonchev–Trinajstić information content (AvgIpc) is 2.76. The maximum absolute atomic E-state index is 12.2. The van der Waals surface area contributed by atoms with Crippen molar-refractivity contribution >= 4 is 28.2 Å². The highest BCUT2D eigenvalue weighted by Gasteiger charge is 2.26. The van der Waals surface area contributed by atoms with Gasteiger partial charge in [-0.2, -0.15) is 0 Å². The van der Waals surface area contributed by atoms with Crippen molar-refractivity contribution in [3.63, 3.8) is 0 Å². The van der Waals surface area contributed by atoms with Crippen molar-refractivity contribution in [2.75, 3.05) is 25.8 Å². The zero-order valence-corrected chi connectivity index (χ0v) is 23.6. The number of hydrogen-bond acceptors (Lipinski definition) is 7. The highest BCUT2D eigenvalue weighted by molar-refractivity contribution is 7.90.